The van der Waals surface area contributed by atoms with Crippen molar-refractivity contribution in [2.45, 2.75) is 69.6 Å². The summed E-state index contributed by atoms with van der Waals surface area (Å²) in [6, 6.07) is 7.47. The Balaban J connectivity index is 1.32. The Bertz CT molecular complexity index is 699. The van der Waals surface area contributed by atoms with E-state index in [1.165, 1.54) is 32.1 Å². The Morgan fingerprint density at radius 1 is 1.14 bits per heavy atom. The van der Waals surface area contributed by atoms with E-state index in [1.54, 1.807) is 7.11 Å². The number of piperazine rings is 1. The minimum absolute atomic E-state index is 0.0224. The molecule has 2 aliphatic heterocycles. The van der Waals surface area contributed by atoms with E-state index >= 15 is 0 Å². The Kier molecular flexibility index (Phi) is 5.85. The summed E-state index contributed by atoms with van der Waals surface area (Å²) in [6.07, 6.45) is 7.68. The molecule has 0 spiro atoms. The van der Waals surface area contributed by atoms with Crippen LogP contribution in [0.5, 0.6) is 5.75 Å². The SMILES string of the molecule is COc1ccc(CN[C@H]2C[C@H]3C(=O)N[C@@H](CC4CCCCC4)C(=O)N3C2)cc1. The lowest BCUT2D eigenvalue weighted by atomic mass is 9.84. The van der Waals surface area contributed by atoms with Crippen LogP contribution in [0.15, 0.2) is 24.3 Å². The lowest BCUT2D eigenvalue weighted by molar-refractivity contribution is -0.147. The molecule has 6 nitrogen and oxygen atoms in total. The van der Waals surface area contributed by atoms with Gasteiger partial charge in [-0.15, -0.1) is 0 Å². The van der Waals surface area contributed by atoms with Crippen molar-refractivity contribution in [1.82, 2.24) is 15.5 Å². The van der Waals surface area contributed by atoms with Gasteiger partial charge in [-0.25, -0.2) is 0 Å². The van der Waals surface area contributed by atoms with Crippen molar-refractivity contribution in [2.24, 2.45) is 5.92 Å². The zero-order chi connectivity index (χ0) is 19.5. The van der Waals surface area contributed by atoms with Gasteiger partial charge in [0.15, 0.2) is 0 Å². The molecule has 3 fully saturated rings. The highest BCUT2D eigenvalue weighted by Gasteiger charge is 2.46. The number of carbonyl (C=O) groups excluding carboxylic acids is 2. The summed E-state index contributed by atoms with van der Waals surface area (Å²) in [5.41, 5.74) is 1.16. The molecule has 152 valence electrons. The summed E-state index contributed by atoms with van der Waals surface area (Å²) < 4.78 is 5.19. The largest absolute Gasteiger partial charge is 0.497 e. The van der Waals surface area contributed by atoms with Crippen LogP contribution in [-0.2, 0) is 16.1 Å². The van der Waals surface area contributed by atoms with Crippen LogP contribution < -0.4 is 15.4 Å². The predicted octanol–water partition coefficient (Wildman–Crippen LogP) is 2.22. The fraction of sp³-hybridized carbons (Fsp3) is 0.636. The molecule has 1 saturated carbocycles. The Morgan fingerprint density at radius 2 is 1.89 bits per heavy atom. The first kappa shape index (κ1) is 19.2. The summed E-state index contributed by atoms with van der Waals surface area (Å²) in [6.45, 7) is 1.34. The molecule has 1 aliphatic carbocycles. The second kappa shape index (κ2) is 8.52. The van der Waals surface area contributed by atoms with E-state index in [2.05, 4.69) is 10.6 Å². The Morgan fingerprint density at radius 3 is 2.61 bits per heavy atom. The molecule has 0 bridgehead atoms. The number of amides is 2. The highest BCUT2D eigenvalue weighted by Crippen LogP contribution is 2.30. The van der Waals surface area contributed by atoms with E-state index in [1.807, 2.05) is 29.2 Å². The van der Waals surface area contributed by atoms with E-state index in [9.17, 15) is 9.59 Å². The summed E-state index contributed by atoms with van der Waals surface area (Å²) >= 11 is 0. The first-order valence-corrected chi connectivity index (χ1v) is 10.6. The molecule has 0 unspecified atom stereocenters. The van der Waals surface area contributed by atoms with Crippen LogP contribution in [0, 0.1) is 5.92 Å². The molecular weight excluding hydrogens is 354 g/mol. The van der Waals surface area contributed by atoms with Gasteiger partial charge in [0.2, 0.25) is 11.8 Å². The molecule has 1 aromatic rings. The van der Waals surface area contributed by atoms with E-state index in [0.717, 1.165) is 24.3 Å². The van der Waals surface area contributed by atoms with Crippen molar-refractivity contribution >= 4 is 11.8 Å². The van der Waals surface area contributed by atoms with Gasteiger partial charge in [0.05, 0.1) is 7.11 Å². The molecule has 3 aliphatic rings. The average molecular weight is 386 g/mol. The second-order valence-electron chi connectivity index (χ2n) is 8.47. The van der Waals surface area contributed by atoms with Crippen LogP contribution in [0.2, 0.25) is 0 Å². The van der Waals surface area contributed by atoms with Crippen molar-refractivity contribution in [3.8, 4) is 5.75 Å². The third-order valence-corrected chi connectivity index (χ3v) is 6.55. The fourth-order valence-corrected chi connectivity index (χ4v) is 4.93. The maximum atomic E-state index is 13.0. The number of nitrogens with zero attached hydrogens (tertiary/aromatic N) is 1. The number of benzene rings is 1. The van der Waals surface area contributed by atoms with Gasteiger partial charge in [0, 0.05) is 19.1 Å². The van der Waals surface area contributed by atoms with Crippen molar-refractivity contribution in [3.63, 3.8) is 0 Å². The van der Waals surface area contributed by atoms with Crippen molar-refractivity contribution in [2.75, 3.05) is 13.7 Å². The number of methoxy groups -OCH3 is 1. The summed E-state index contributed by atoms with van der Waals surface area (Å²) in [5.74, 6) is 1.55. The first-order chi connectivity index (χ1) is 13.6. The molecule has 2 amide bonds. The monoisotopic (exact) mass is 385 g/mol. The van der Waals surface area contributed by atoms with Gasteiger partial charge in [-0.3, -0.25) is 9.59 Å². The van der Waals surface area contributed by atoms with Gasteiger partial charge >= 0.3 is 0 Å². The topological polar surface area (TPSA) is 70.7 Å². The molecule has 0 radical (unpaired) electrons. The van der Waals surface area contributed by atoms with Crippen LogP contribution in [-0.4, -0.2) is 48.5 Å². The Hall–Kier alpha value is -2.08. The lowest BCUT2D eigenvalue weighted by Gasteiger charge is -2.36. The normalized spacial score (nSPS) is 28.2. The van der Waals surface area contributed by atoms with Gasteiger partial charge in [-0.05, 0) is 36.5 Å². The molecule has 6 heteroatoms. The van der Waals surface area contributed by atoms with E-state index in [-0.39, 0.29) is 29.9 Å². The molecule has 28 heavy (non-hydrogen) atoms. The standard InChI is InChI=1S/C22H31N3O3/c1-28-18-9-7-16(8-10-18)13-23-17-12-20-21(26)24-19(22(27)25(20)14-17)11-15-5-3-2-4-6-15/h7-10,15,17,19-20,23H,2-6,11-14H2,1H3,(H,24,26)/t17-,19-,20-/m0/s1. The molecule has 4 rings (SSSR count). The van der Waals surface area contributed by atoms with Crippen molar-refractivity contribution in [3.05, 3.63) is 29.8 Å². The lowest BCUT2D eigenvalue weighted by Crippen LogP contribution is -2.61. The van der Waals surface area contributed by atoms with Crippen LogP contribution in [0.4, 0.5) is 0 Å². The summed E-state index contributed by atoms with van der Waals surface area (Å²) in [7, 11) is 1.66. The number of hydrogen-bond donors (Lipinski definition) is 2. The van der Waals surface area contributed by atoms with E-state index in [4.69, 9.17) is 4.74 Å². The van der Waals surface area contributed by atoms with Crippen molar-refractivity contribution < 1.29 is 14.3 Å². The fourth-order valence-electron chi connectivity index (χ4n) is 4.93. The van der Waals surface area contributed by atoms with E-state index < -0.39 is 0 Å². The number of hydrogen-bond acceptors (Lipinski definition) is 4. The van der Waals surface area contributed by atoms with Crippen LogP contribution in [0.1, 0.15) is 50.5 Å². The van der Waals surface area contributed by atoms with Gasteiger partial charge < -0.3 is 20.3 Å². The average Bonchev–Trinajstić information content (AvgIpc) is 3.17. The Labute approximate surface area is 167 Å². The molecule has 2 heterocycles. The van der Waals surface area contributed by atoms with Gasteiger partial charge in [-0.2, -0.15) is 0 Å². The highest BCUT2D eigenvalue weighted by atomic mass is 16.5. The maximum absolute atomic E-state index is 13.0. The number of carbonyl (C=O) groups is 2. The summed E-state index contributed by atoms with van der Waals surface area (Å²) in [5, 5.41) is 6.53. The van der Waals surface area contributed by atoms with Crippen LogP contribution in [0.3, 0.4) is 0 Å². The number of fused-ring (bicyclic) bond motifs is 1. The molecular formula is C22H31N3O3. The molecule has 1 aromatic carbocycles. The number of nitrogens with one attached hydrogen (secondary N) is 2. The van der Waals surface area contributed by atoms with Crippen molar-refractivity contribution in [1.29, 1.82) is 0 Å². The molecule has 0 aromatic heterocycles. The predicted molar refractivity (Wildman–Crippen MR) is 107 cm³/mol. The highest BCUT2D eigenvalue weighted by molar-refractivity contribution is 5.97. The second-order valence-corrected chi connectivity index (χ2v) is 8.47. The quantitative estimate of drug-likeness (QED) is 0.788. The maximum Gasteiger partial charge on any atom is 0.245 e. The number of rotatable bonds is 6. The third-order valence-electron chi connectivity index (χ3n) is 6.55. The smallest absolute Gasteiger partial charge is 0.245 e. The third kappa shape index (κ3) is 4.17. The zero-order valence-corrected chi connectivity index (χ0v) is 16.7. The van der Waals surface area contributed by atoms with Gasteiger partial charge in [0.1, 0.15) is 17.8 Å². The molecule has 2 N–H and O–H groups in total. The minimum atomic E-state index is -0.327. The number of ether oxygens (including phenoxy) is 1. The minimum Gasteiger partial charge on any atom is -0.497 e. The summed E-state index contributed by atoms with van der Waals surface area (Å²) in [4.78, 5) is 27.4. The van der Waals surface area contributed by atoms with Gasteiger partial charge in [-0.1, -0.05) is 44.2 Å². The molecule has 3 atom stereocenters. The van der Waals surface area contributed by atoms with E-state index in [0.29, 0.717) is 18.9 Å². The molecule has 2 saturated heterocycles. The zero-order valence-electron chi connectivity index (χ0n) is 16.7. The van der Waals surface area contributed by atoms with Crippen LogP contribution in [0.25, 0.3) is 0 Å². The first-order valence-electron chi connectivity index (χ1n) is 10.6. The van der Waals surface area contributed by atoms with Gasteiger partial charge in [0.25, 0.3) is 0 Å². The van der Waals surface area contributed by atoms with Crippen LogP contribution >= 0.6 is 0 Å².